The highest BCUT2D eigenvalue weighted by molar-refractivity contribution is 7.89. The summed E-state index contributed by atoms with van der Waals surface area (Å²) in [5.74, 6) is -0.212. The highest BCUT2D eigenvalue weighted by Crippen LogP contribution is 2.23. The van der Waals surface area contributed by atoms with Crippen molar-refractivity contribution in [1.82, 2.24) is 14.5 Å². The SMILES string of the molecule is CN1CCN(S(=O)(=O)c2ccc(CNC(=O)c3ccc4c(c3)CCCC(=O)N4)cc2)CC1. The molecule has 0 bridgehead atoms. The first kappa shape index (κ1) is 22.4. The third kappa shape index (κ3) is 5.01. The lowest BCUT2D eigenvalue weighted by Gasteiger charge is -2.31. The van der Waals surface area contributed by atoms with E-state index in [1.165, 1.54) is 4.31 Å². The molecular weight excluding hydrogens is 428 g/mol. The fourth-order valence-electron chi connectivity index (χ4n) is 3.96. The van der Waals surface area contributed by atoms with E-state index in [1.807, 2.05) is 13.1 Å². The van der Waals surface area contributed by atoms with Crippen LogP contribution in [0.4, 0.5) is 5.69 Å². The summed E-state index contributed by atoms with van der Waals surface area (Å²) in [5.41, 5.74) is 3.08. The fourth-order valence-corrected chi connectivity index (χ4v) is 5.38. The number of fused-ring (bicyclic) bond motifs is 1. The average molecular weight is 457 g/mol. The number of nitrogens with zero attached hydrogens (tertiary/aromatic N) is 2. The molecule has 0 aliphatic carbocycles. The minimum absolute atomic E-state index is 0.000893. The minimum atomic E-state index is -3.50. The normalized spacial score (nSPS) is 17.8. The van der Waals surface area contributed by atoms with Crippen LogP contribution in [0.5, 0.6) is 0 Å². The topological polar surface area (TPSA) is 98.8 Å². The van der Waals surface area contributed by atoms with Crippen molar-refractivity contribution in [2.24, 2.45) is 0 Å². The van der Waals surface area contributed by atoms with E-state index in [1.54, 1.807) is 36.4 Å². The maximum absolute atomic E-state index is 12.8. The second-order valence-corrected chi connectivity index (χ2v) is 10.2. The largest absolute Gasteiger partial charge is 0.348 e. The number of nitrogens with one attached hydrogen (secondary N) is 2. The Morgan fingerprint density at radius 2 is 1.75 bits per heavy atom. The predicted molar refractivity (Wildman–Crippen MR) is 122 cm³/mol. The Kier molecular flexibility index (Phi) is 6.59. The molecule has 2 aromatic rings. The van der Waals surface area contributed by atoms with Crippen LogP contribution in [0.3, 0.4) is 0 Å². The third-order valence-corrected chi connectivity index (χ3v) is 7.88. The van der Waals surface area contributed by atoms with Gasteiger partial charge in [-0.2, -0.15) is 4.31 Å². The lowest BCUT2D eigenvalue weighted by molar-refractivity contribution is -0.116. The summed E-state index contributed by atoms with van der Waals surface area (Å²) in [6.45, 7) is 2.71. The zero-order valence-electron chi connectivity index (χ0n) is 18.1. The Balaban J connectivity index is 1.38. The molecular formula is C23H28N4O4S. The smallest absolute Gasteiger partial charge is 0.251 e. The number of hydrogen-bond acceptors (Lipinski definition) is 5. The number of likely N-dealkylation sites (N-methyl/N-ethyl adjacent to an activating group) is 1. The number of aryl methyl sites for hydroxylation is 1. The molecule has 0 radical (unpaired) electrons. The molecule has 9 heteroatoms. The van der Waals surface area contributed by atoms with Crippen LogP contribution in [-0.4, -0.2) is 62.7 Å². The molecule has 0 spiro atoms. The molecule has 170 valence electrons. The molecule has 2 amide bonds. The van der Waals surface area contributed by atoms with Crippen molar-refractivity contribution in [3.63, 3.8) is 0 Å². The van der Waals surface area contributed by atoms with Crippen LogP contribution in [0.15, 0.2) is 47.4 Å². The molecule has 4 rings (SSSR count). The Morgan fingerprint density at radius 3 is 2.47 bits per heavy atom. The lowest BCUT2D eigenvalue weighted by atomic mass is 10.0. The molecule has 8 nitrogen and oxygen atoms in total. The maximum Gasteiger partial charge on any atom is 0.251 e. The van der Waals surface area contributed by atoms with E-state index in [9.17, 15) is 18.0 Å². The Hall–Kier alpha value is -2.75. The molecule has 2 N–H and O–H groups in total. The maximum atomic E-state index is 12.8. The van der Waals surface area contributed by atoms with E-state index in [0.717, 1.165) is 42.7 Å². The van der Waals surface area contributed by atoms with Gasteiger partial charge in [-0.15, -0.1) is 0 Å². The van der Waals surface area contributed by atoms with Crippen molar-refractivity contribution in [2.45, 2.75) is 30.7 Å². The zero-order valence-corrected chi connectivity index (χ0v) is 19.0. The highest BCUT2D eigenvalue weighted by atomic mass is 32.2. The van der Waals surface area contributed by atoms with Gasteiger partial charge in [0, 0.05) is 50.4 Å². The van der Waals surface area contributed by atoms with Crippen LogP contribution in [-0.2, 0) is 27.8 Å². The second-order valence-electron chi connectivity index (χ2n) is 8.31. The number of rotatable bonds is 5. The van der Waals surface area contributed by atoms with Crippen LogP contribution >= 0.6 is 0 Å². The first-order valence-corrected chi connectivity index (χ1v) is 12.3. The third-order valence-electron chi connectivity index (χ3n) is 5.97. The van der Waals surface area contributed by atoms with Gasteiger partial charge >= 0.3 is 0 Å². The van der Waals surface area contributed by atoms with Crippen LogP contribution in [0.1, 0.15) is 34.3 Å². The minimum Gasteiger partial charge on any atom is -0.348 e. The van der Waals surface area contributed by atoms with Gasteiger partial charge in [-0.3, -0.25) is 9.59 Å². The predicted octanol–water partition coefficient (Wildman–Crippen LogP) is 1.83. The monoisotopic (exact) mass is 456 g/mol. The molecule has 2 aliphatic heterocycles. The van der Waals surface area contributed by atoms with Gasteiger partial charge in [0.25, 0.3) is 5.91 Å². The number of piperazine rings is 1. The molecule has 0 aromatic heterocycles. The van der Waals surface area contributed by atoms with Gasteiger partial charge in [0.1, 0.15) is 0 Å². The fraction of sp³-hybridized carbons (Fsp3) is 0.391. The number of sulfonamides is 1. The van der Waals surface area contributed by atoms with Crippen molar-refractivity contribution in [2.75, 3.05) is 38.5 Å². The van der Waals surface area contributed by atoms with Crippen LogP contribution in [0.2, 0.25) is 0 Å². The van der Waals surface area contributed by atoms with Crippen molar-refractivity contribution in [3.8, 4) is 0 Å². The van der Waals surface area contributed by atoms with Gasteiger partial charge in [-0.1, -0.05) is 12.1 Å². The molecule has 2 aromatic carbocycles. The van der Waals surface area contributed by atoms with Gasteiger partial charge < -0.3 is 15.5 Å². The number of amides is 2. The second kappa shape index (κ2) is 9.40. The number of anilines is 1. The molecule has 1 fully saturated rings. The Labute approximate surface area is 188 Å². The summed E-state index contributed by atoms with van der Waals surface area (Å²) < 4.78 is 27.2. The van der Waals surface area contributed by atoms with Crippen LogP contribution in [0, 0.1) is 0 Å². The number of hydrogen-bond donors (Lipinski definition) is 2. The van der Waals surface area contributed by atoms with Crippen molar-refractivity contribution < 1.29 is 18.0 Å². The lowest BCUT2D eigenvalue weighted by Crippen LogP contribution is -2.47. The molecule has 2 aliphatic rings. The van der Waals surface area contributed by atoms with E-state index in [0.29, 0.717) is 31.6 Å². The molecule has 1 saturated heterocycles. The molecule has 0 unspecified atom stereocenters. The summed E-state index contributed by atoms with van der Waals surface area (Å²) in [6, 6.07) is 11.9. The standard InChI is InChI=1S/C23H28N4O4S/c1-26-11-13-27(14-12-26)32(30,31)20-8-5-17(6-9-20)16-24-23(29)19-7-10-21-18(15-19)3-2-4-22(28)25-21/h5-10,15H,2-4,11-14,16H2,1H3,(H,24,29)(H,25,28). The summed E-state index contributed by atoms with van der Waals surface area (Å²) in [5, 5.41) is 5.75. The van der Waals surface area contributed by atoms with Crippen molar-refractivity contribution in [3.05, 3.63) is 59.2 Å². The molecule has 0 saturated carbocycles. The van der Waals surface area contributed by atoms with E-state index in [4.69, 9.17) is 0 Å². The first-order chi connectivity index (χ1) is 15.3. The quantitative estimate of drug-likeness (QED) is 0.715. The number of carbonyl (C=O) groups excluding carboxylic acids is 2. The highest BCUT2D eigenvalue weighted by Gasteiger charge is 2.27. The van der Waals surface area contributed by atoms with Crippen LogP contribution < -0.4 is 10.6 Å². The molecule has 2 heterocycles. The van der Waals surface area contributed by atoms with E-state index in [2.05, 4.69) is 15.5 Å². The van der Waals surface area contributed by atoms with Crippen LogP contribution in [0.25, 0.3) is 0 Å². The first-order valence-electron chi connectivity index (χ1n) is 10.8. The number of carbonyl (C=O) groups is 2. The Morgan fingerprint density at radius 1 is 1.03 bits per heavy atom. The van der Waals surface area contributed by atoms with Crippen molar-refractivity contribution >= 4 is 27.5 Å². The van der Waals surface area contributed by atoms with Gasteiger partial charge in [0.2, 0.25) is 15.9 Å². The zero-order chi connectivity index (χ0) is 22.7. The van der Waals surface area contributed by atoms with E-state index >= 15 is 0 Å². The Bertz CT molecular complexity index is 1110. The van der Waals surface area contributed by atoms with Gasteiger partial charge in [0.05, 0.1) is 4.90 Å². The summed E-state index contributed by atoms with van der Waals surface area (Å²) in [7, 11) is -1.52. The van der Waals surface area contributed by atoms with Crippen molar-refractivity contribution in [1.29, 1.82) is 0 Å². The van der Waals surface area contributed by atoms with Gasteiger partial charge in [-0.25, -0.2) is 8.42 Å². The van der Waals surface area contributed by atoms with E-state index < -0.39 is 10.0 Å². The summed E-state index contributed by atoms with van der Waals surface area (Å²) in [6.07, 6.45) is 1.99. The summed E-state index contributed by atoms with van der Waals surface area (Å²) >= 11 is 0. The molecule has 32 heavy (non-hydrogen) atoms. The average Bonchev–Trinajstić information content (AvgIpc) is 2.98. The van der Waals surface area contributed by atoms with Gasteiger partial charge in [0.15, 0.2) is 0 Å². The molecule has 0 atom stereocenters. The van der Waals surface area contributed by atoms with Gasteiger partial charge in [-0.05, 0) is 61.3 Å². The summed E-state index contributed by atoms with van der Waals surface area (Å²) in [4.78, 5) is 26.7. The van der Waals surface area contributed by atoms with E-state index in [-0.39, 0.29) is 16.7 Å². The number of benzene rings is 2.